The largest absolute Gasteiger partial charge is 0.345 e. The monoisotopic (exact) mass is 272 g/mol. The summed E-state index contributed by atoms with van der Waals surface area (Å²) in [4.78, 5) is 13.6. The smallest absolute Gasteiger partial charge is 0.239 e. The number of aryl methyl sites for hydroxylation is 2. The summed E-state index contributed by atoms with van der Waals surface area (Å²) < 4.78 is 1.64. The summed E-state index contributed by atoms with van der Waals surface area (Å²) in [7, 11) is 3.60. The number of hydrogen-bond acceptors (Lipinski definition) is 3. The molecule has 1 heterocycles. The second-order valence-electron chi connectivity index (χ2n) is 4.43. The first-order valence-electron chi connectivity index (χ1n) is 6.04. The van der Waals surface area contributed by atoms with Crippen LogP contribution >= 0.6 is 11.6 Å². The molecule has 0 saturated carbocycles. The van der Waals surface area contributed by atoms with Gasteiger partial charge in [-0.05, 0) is 20.8 Å². The van der Waals surface area contributed by atoms with Crippen LogP contribution in [0.5, 0.6) is 0 Å². The van der Waals surface area contributed by atoms with Gasteiger partial charge in [-0.15, -0.1) is 0 Å². The Kier molecular flexibility index (Phi) is 5.16. The van der Waals surface area contributed by atoms with Crippen molar-refractivity contribution < 1.29 is 4.79 Å². The minimum Gasteiger partial charge on any atom is -0.345 e. The highest BCUT2D eigenvalue weighted by molar-refractivity contribution is 6.30. The van der Waals surface area contributed by atoms with Gasteiger partial charge in [0.1, 0.15) is 5.15 Å². The van der Waals surface area contributed by atoms with Crippen LogP contribution in [0, 0.1) is 6.92 Å². The summed E-state index contributed by atoms with van der Waals surface area (Å²) in [6.07, 6.45) is 0. The first-order valence-corrected chi connectivity index (χ1v) is 6.42. The number of carbonyl (C=O) groups is 1. The molecule has 0 spiro atoms. The fourth-order valence-corrected chi connectivity index (χ4v) is 1.94. The molecule has 6 heteroatoms. The maximum Gasteiger partial charge on any atom is 0.239 e. The predicted octanol–water partition coefficient (Wildman–Crippen LogP) is 1.34. The van der Waals surface area contributed by atoms with Gasteiger partial charge >= 0.3 is 0 Å². The molecule has 5 nitrogen and oxygen atoms in total. The third-order valence-corrected chi connectivity index (χ3v) is 3.55. The fourth-order valence-electron chi connectivity index (χ4n) is 1.70. The van der Waals surface area contributed by atoms with Gasteiger partial charge in [-0.2, -0.15) is 5.10 Å². The van der Waals surface area contributed by atoms with Gasteiger partial charge in [-0.25, -0.2) is 0 Å². The minimum atomic E-state index is -0.231. The van der Waals surface area contributed by atoms with E-state index in [0.29, 0.717) is 18.2 Å². The molecule has 1 N–H and O–H groups in total. The molecule has 0 aliphatic rings. The van der Waals surface area contributed by atoms with E-state index in [2.05, 4.69) is 10.4 Å². The fraction of sp³-hybridized carbons (Fsp3) is 0.667. The Hall–Kier alpha value is -1.07. The second-order valence-corrected chi connectivity index (χ2v) is 4.79. The molecule has 1 aromatic rings. The Morgan fingerprint density at radius 3 is 2.67 bits per heavy atom. The van der Waals surface area contributed by atoms with Crippen molar-refractivity contribution in [1.82, 2.24) is 20.0 Å². The lowest BCUT2D eigenvalue weighted by Gasteiger charge is -2.20. The van der Waals surface area contributed by atoms with Crippen LogP contribution in [0.4, 0.5) is 0 Å². The highest BCUT2D eigenvalue weighted by atomic mass is 35.5. The van der Waals surface area contributed by atoms with E-state index >= 15 is 0 Å². The molecule has 0 saturated heterocycles. The molecule has 0 radical (unpaired) electrons. The molecule has 1 amide bonds. The number of aromatic nitrogens is 2. The van der Waals surface area contributed by atoms with Crippen molar-refractivity contribution in [1.29, 1.82) is 0 Å². The topological polar surface area (TPSA) is 50.2 Å². The molecule has 0 fully saturated rings. The Bertz CT molecular complexity index is 430. The van der Waals surface area contributed by atoms with Gasteiger partial charge in [-0.1, -0.05) is 11.6 Å². The molecule has 102 valence electrons. The standard InChI is InChI=1S/C12H21ClN4O/c1-6-16(4)12(18)9(3)14-7-10-8(2)15-17(5)11(10)13/h9,14H,6-7H2,1-5H3. The molecular weight excluding hydrogens is 252 g/mol. The van der Waals surface area contributed by atoms with E-state index in [1.54, 1.807) is 23.7 Å². The number of nitrogens with zero attached hydrogens (tertiary/aromatic N) is 3. The minimum absolute atomic E-state index is 0.0789. The Morgan fingerprint density at radius 2 is 2.22 bits per heavy atom. The van der Waals surface area contributed by atoms with Crippen molar-refractivity contribution >= 4 is 17.5 Å². The summed E-state index contributed by atoms with van der Waals surface area (Å²) in [6, 6.07) is -0.231. The van der Waals surface area contributed by atoms with Crippen molar-refractivity contribution in [3.8, 4) is 0 Å². The molecule has 0 aromatic carbocycles. The van der Waals surface area contributed by atoms with Crippen LogP contribution in [0.15, 0.2) is 0 Å². The normalized spacial score (nSPS) is 12.6. The number of amides is 1. The number of rotatable bonds is 5. The van der Waals surface area contributed by atoms with Gasteiger partial charge in [-0.3, -0.25) is 9.48 Å². The first kappa shape index (κ1) is 15.0. The molecule has 0 aliphatic heterocycles. The third kappa shape index (κ3) is 3.23. The van der Waals surface area contributed by atoms with Gasteiger partial charge in [0.2, 0.25) is 5.91 Å². The molecule has 18 heavy (non-hydrogen) atoms. The predicted molar refractivity (Wildman–Crippen MR) is 72.6 cm³/mol. The molecular formula is C12H21ClN4O. The van der Waals surface area contributed by atoms with Crippen molar-refractivity contribution in [2.24, 2.45) is 7.05 Å². The summed E-state index contributed by atoms with van der Waals surface area (Å²) in [5.41, 5.74) is 1.83. The lowest BCUT2D eigenvalue weighted by molar-refractivity contribution is -0.131. The maximum atomic E-state index is 11.9. The average molecular weight is 273 g/mol. The van der Waals surface area contributed by atoms with Crippen molar-refractivity contribution in [3.63, 3.8) is 0 Å². The Labute approximate surface area is 113 Å². The highest BCUT2D eigenvalue weighted by Crippen LogP contribution is 2.18. The highest BCUT2D eigenvalue weighted by Gasteiger charge is 2.17. The zero-order chi connectivity index (χ0) is 13.9. The van der Waals surface area contributed by atoms with Crippen LogP contribution in [0.1, 0.15) is 25.1 Å². The van der Waals surface area contributed by atoms with E-state index in [0.717, 1.165) is 11.3 Å². The first-order chi connectivity index (χ1) is 8.38. The summed E-state index contributed by atoms with van der Waals surface area (Å²) >= 11 is 6.13. The lowest BCUT2D eigenvalue weighted by atomic mass is 10.2. The molecule has 1 aromatic heterocycles. The lowest BCUT2D eigenvalue weighted by Crippen LogP contribution is -2.42. The van der Waals surface area contributed by atoms with Crippen molar-refractivity contribution in [2.75, 3.05) is 13.6 Å². The molecule has 1 atom stereocenters. The molecule has 0 aliphatic carbocycles. The number of nitrogens with one attached hydrogen (secondary N) is 1. The SMILES string of the molecule is CCN(C)C(=O)C(C)NCc1c(C)nn(C)c1Cl. The van der Waals surface area contributed by atoms with E-state index < -0.39 is 0 Å². The van der Waals surface area contributed by atoms with Crippen LogP contribution in [0.25, 0.3) is 0 Å². The van der Waals surface area contributed by atoms with Gasteiger partial charge in [0.25, 0.3) is 0 Å². The van der Waals surface area contributed by atoms with Crippen molar-refractivity contribution in [3.05, 3.63) is 16.4 Å². The van der Waals surface area contributed by atoms with Crippen molar-refractivity contribution in [2.45, 2.75) is 33.4 Å². The van der Waals surface area contributed by atoms with Gasteiger partial charge < -0.3 is 10.2 Å². The van der Waals surface area contributed by atoms with Gasteiger partial charge in [0.15, 0.2) is 0 Å². The van der Waals surface area contributed by atoms with Gasteiger partial charge in [0.05, 0.1) is 11.7 Å². The van der Waals surface area contributed by atoms with Crippen LogP contribution in [0.3, 0.4) is 0 Å². The quantitative estimate of drug-likeness (QED) is 0.880. The molecule has 0 bridgehead atoms. The summed E-state index contributed by atoms with van der Waals surface area (Å²) in [6.45, 7) is 6.97. The summed E-state index contributed by atoms with van der Waals surface area (Å²) in [5, 5.41) is 8.03. The number of likely N-dealkylation sites (N-methyl/N-ethyl adjacent to an activating group) is 1. The number of carbonyl (C=O) groups excluding carboxylic acids is 1. The maximum absolute atomic E-state index is 11.9. The third-order valence-electron chi connectivity index (χ3n) is 3.08. The zero-order valence-corrected chi connectivity index (χ0v) is 12.4. The second kappa shape index (κ2) is 6.20. The average Bonchev–Trinajstić information content (AvgIpc) is 2.59. The zero-order valence-electron chi connectivity index (χ0n) is 11.6. The van der Waals surface area contributed by atoms with Crippen LogP contribution in [-0.2, 0) is 18.4 Å². The van der Waals surface area contributed by atoms with E-state index in [4.69, 9.17) is 11.6 Å². The van der Waals surface area contributed by atoms with E-state index in [1.165, 1.54) is 0 Å². The van der Waals surface area contributed by atoms with Crippen LogP contribution < -0.4 is 5.32 Å². The van der Waals surface area contributed by atoms with Crippen LogP contribution in [0.2, 0.25) is 5.15 Å². The number of halogens is 1. The van der Waals surface area contributed by atoms with E-state index in [-0.39, 0.29) is 11.9 Å². The van der Waals surface area contributed by atoms with E-state index in [1.807, 2.05) is 20.8 Å². The van der Waals surface area contributed by atoms with Crippen LogP contribution in [-0.4, -0.2) is 40.2 Å². The van der Waals surface area contributed by atoms with Gasteiger partial charge in [0, 0.05) is 32.7 Å². The Morgan fingerprint density at radius 1 is 1.61 bits per heavy atom. The Balaban J connectivity index is 2.63. The molecule has 1 unspecified atom stereocenters. The van der Waals surface area contributed by atoms with E-state index in [9.17, 15) is 4.79 Å². The molecule has 1 rings (SSSR count). The summed E-state index contributed by atoms with van der Waals surface area (Å²) in [5.74, 6) is 0.0789. The number of hydrogen-bond donors (Lipinski definition) is 1.